The van der Waals surface area contributed by atoms with Gasteiger partial charge in [-0.2, -0.15) is 5.26 Å². The van der Waals surface area contributed by atoms with Gasteiger partial charge in [-0.3, -0.25) is 10.1 Å². The number of carbonyl (C=O) groups excluding carboxylic acids is 1. The molecule has 3 aromatic rings. The van der Waals surface area contributed by atoms with E-state index in [4.69, 9.17) is 24.7 Å². The summed E-state index contributed by atoms with van der Waals surface area (Å²) in [6.45, 7) is 2.63. The van der Waals surface area contributed by atoms with Crippen LogP contribution in [-0.4, -0.2) is 24.6 Å². The van der Waals surface area contributed by atoms with Gasteiger partial charge in [0.05, 0.1) is 24.6 Å². The predicted molar refractivity (Wildman–Crippen MR) is 137 cm³/mol. The van der Waals surface area contributed by atoms with Crippen molar-refractivity contribution in [3.8, 4) is 29.1 Å². The van der Waals surface area contributed by atoms with Gasteiger partial charge < -0.3 is 24.7 Å². The maximum absolute atomic E-state index is 12.7. The summed E-state index contributed by atoms with van der Waals surface area (Å²) >= 11 is 0. The summed E-state index contributed by atoms with van der Waals surface area (Å²) in [5.74, 6) is -0.0918. The van der Waals surface area contributed by atoms with Crippen molar-refractivity contribution < 1.29 is 28.7 Å². The topological polar surface area (TPSA) is 147 Å². The maximum Gasteiger partial charge on any atom is 0.350 e. The first-order valence-electron chi connectivity index (χ1n) is 11.9. The van der Waals surface area contributed by atoms with E-state index in [0.29, 0.717) is 23.7 Å². The molecule has 0 saturated carbocycles. The summed E-state index contributed by atoms with van der Waals surface area (Å²) in [4.78, 5) is 23.3. The quantitative estimate of drug-likeness (QED) is 0.133. The zero-order chi connectivity index (χ0) is 27.2. The van der Waals surface area contributed by atoms with E-state index in [-0.39, 0.29) is 34.2 Å². The Morgan fingerprint density at radius 1 is 1.16 bits per heavy atom. The molecule has 0 saturated heterocycles. The lowest BCUT2D eigenvalue weighted by atomic mass is 9.83. The number of nitro benzene ring substituents is 1. The van der Waals surface area contributed by atoms with E-state index >= 15 is 0 Å². The summed E-state index contributed by atoms with van der Waals surface area (Å²) in [7, 11) is 1.54. The second kappa shape index (κ2) is 11.3. The van der Waals surface area contributed by atoms with Gasteiger partial charge in [0.2, 0.25) is 5.88 Å². The second-order valence-electron chi connectivity index (χ2n) is 8.40. The van der Waals surface area contributed by atoms with Crippen molar-refractivity contribution in [3.05, 3.63) is 98.9 Å². The molecule has 10 nitrogen and oxygen atoms in total. The van der Waals surface area contributed by atoms with Gasteiger partial charge in [0, 0.05) is 17.7 Å². The van der Waals surface area contributed by atoms with Crippen LogP contribution in [0, 0.1) is 21.4 Å². The third kappa shape index (κ3) is 5.22. The van der Waals surface area contributed by atoms with E-state index in [9.17, 15) is 20.2 Å². The van der Waals surface area contributed by atoms with E-state index in [1.165, 1.54) is 43.5 Å². The molecular formula is C28H25N3O7. The summed E-state index contributed by atoms with van der Waals surface area (Å²) < 4.78 is 22.5. The number of hydrogen-bond donors (Lipinski definition) is 1. The molecule has 0 aromatic heterocycles. The van der Waals surface area contributed by atoms with Crippen LogP contribution in [0.1, 0.15) is 47.2 Å². The molecule has 0 spiro atoms. The molecule has 0 radical (unpaired) electrons. The summed E-state index contributed by atoms with van der Waals surface area (Å²) in [6.07, 6.45) is 1.90. The van der Waals surface area contributed by atoms with Crippen molar-refractivity contribution in [1.82, 2.24) is 0 Å². The number of nitrogens with zero attached hydrogens (tertiary/aromatic N) is 2. The van der Waals surface area contributed by atoms with E-state index < -0.39 is 16.8 Å². The van der Waals surface area contributed by atoms with Gasteiger partial charge in [0.25, 0.3) is 5.69 Å². The number of para-hydroxylation sites is 1. The van der Waals surface area contributed by atoms with Gasteiger partial charge in [0.1, 0.15) is 28.7 Å². The molecule has 1 aliphatic rings. The van der Waals surface area contributed by atoms with Crippen molar-refractivity contribution in [2.75, 3.05) is 13.7 Å². The highest BCUT2D eigenvalue weighted by Gasteiger charge is 2.32. The lowest BCUT2D eigenvalue weighted by Crippen LogP contribution is -2.21. The average molecular weight is 516 g/mol. The Bertz CT molecular complexity index is 1460. The van der Waals surface area contributed by atoms with E-state index in [1.54, 1.807) is 18.2 Å². The summed E-state index contributed by atoms with van der Waals surface area (Å²) in [6, 6.07) is 17.7. The van der Waals surface area contributed by atoms with E-state index in [1.807, 2.05) is 6.07 Å². The molecule has 0 fully saturated rings. The van der Waals surface area contributed by atoms with Crippen molar-refractivity contribution in [2.45, 2.75) is 25.7 Å². The standard InChI is InChI=1S/C28H25N3O7/c1-3-4-13-36-23-12-9-17(14-25(23)35-2)26-20-11-10-18(15-24(20)38-27(30)21(26)16-29)37-28(32)19-7-5-6-8-22(19)31(33)34/h5-12,14-15,26H,3-4,13,30H2,1-2H3. The molecule has 2 N–H and O–H groups in total. The number of esters is 1. The Balaban J connectivity index is 1.67. The first-order valence-corrected chi connectivity index (χ1v) is 11.9. The van der Waals surface area contributed by atoms with Crippen LogP contribution in [0.5, 0.6) is 23.0 Å². The number of allylic oxidation sites excluding steroid dienone is 1. The van der Waals surface area contributed by atoms with Crippen LogP contribution in [0.15, 0.2) is 72.1 Å². The normalized spacial score (nSPS) is 14.1. The van der Waals surface area contributed by atoms with Crippen LogP contribution >= 0.6 is 0 Å². The van der Waals surface area contributed by atoms with Crippen molar-refractivity contribution >= 4 is 11.7 Å². The zero-order valence-electron chi connectivity index (χ0n) is 20.8. The Morgan fingerprint density at radius 3 is 2.66 bits per heavy atom. The molecule has 4 rings (SSSR count). The summed E-state index contributed by atoms with van der Waals surface area (Å²) in [5.41, 5.74) is 7.10. The number of hydrogen-bond acceptors (Lipinski definition) is 9. The van der Waals surface area contributed by atoms with Crippen LogP contribution < -0.4 is 24.7 Å². The largest absolute Gasteiger partial charge is 0.493 e. The third-order valence-electron chi connectivity index (χ3n) is 6.00. The zero-order valence-corrected chi connectivity index (χ0v) is 20.8. The lowest BCUT2D eigenvalue weighted by Gasteiger charge is -2.27. The molecule has 38 heavy (non-hydrogen) atoms. The second-order valence-corrected chi connectivity index (χ2v) is 8.40. The number of methoxy groups -OCH3 is 1. The molecule has 0 amide bonds. The molecule has 10 heteroatoms. The van der Waals surface area contributed by atoms with Crippen LogP contribution in [0.2, 0.25) is 0 Å². The Morgan fingerprint density at radius 2 is 1.95 bits per heavy atom. The number of nitriles is 1. The number of nitro groups is 1. The summed E-state index contributed by atoms with van der Waals surface area (Å²) in [5, 5.41) is 21.1. The van der Waals surface area contributed by atoms with Crippen LogP contribution in [0.4, 0.5) is 5.69 Å². The minimum atomic E-state index is -0.894. The number of rotatable bonds is 9. The SMILES string of the molecule is CCCCOc1ccc(C2C(C#N)=C(N)Oc3cc(OC(=O)c4ccccc4[N+](=O)[O-])ccc32)cc1OC. The Kier molecular flexibility index (Phi) is 7.77. The van der Waals surface area contributed by atoms with Gasteiger partial charge >= 0.3 is 5.97 Å². The smallest absolute Gasteiger partial charge is 0.350 e. The van der Waals surface area contributed by atoms with E-state index in [0.717, 1.165) is 18.4 Å². The van der Waals surface area contributed by atoms with Crippen molar-refractivity contribution in [3.63, 3.8) is 0 Å². The van der Waals surface area contributed by atoms with E-state index in [2.05, 4.69) is 13.0 Å². The molecule has 1 aliphatic heterocycles. The highest BCUT2D eigenvalue weighted by atomic mass is 16.6. The molecule has 3 aromatic carbocycles. The van der Waals surface area contributed by atoms with Crippen LogP contribution in [-0.2, 0) is 0 Å². The minimum Gasteiger partial charge on any atom is -0.493 e. The predicted octanol–water partition coefficient (Wildman–Crippen LogP) is 5.22. The van der Waals surface area contributed by atoms with Crippen molar-refractivity contribution in [2.24, 2.45) is 5.73 Å². The fourth-order valence-corrected chi connectivity index (χ4v) is 4.12. The highest BCUT2D eigenvalue weighted by Crippen LogP contribution is 2.45. The molecular weight excluding hydrogens is 490 g/mol. The fourth-order valence-electron chi connectivity index (χ4n) is 4.12. The number of nitrogens with two attached hydrogens (primary N) is 1. The number of carbonyl (C=O) groups is 1. The number of unbranched alkanes of at least 4 members (excludes halogenated alkanes) is 1. The van der Waals surface area contributed by atoms with Gasteiger partial charge in [-0.25, -0.2) is 4.79 Å². The molecule has 194 valence electrons. The molecule has 0 aliphatic carbocycles. The van der Waals surface area contributed by atoms with Crippen LogP contribution in [0.3, 0.4) is 0 Å². The number of fused-ring (bicyclic) bond motifs is 1. The Hall–Kier alpha value is -5.04. The van der Waals surface area contributed by atoms with Gasteiger partial charge in [-0.15, -0.1) is 0 Å². The molecule has 1 atom stereocenters. The van der Waals surface area contributed by atoms with Gasteiger partial charge in [0.15, 0.2) is 11.5 Å². The maximum atomic E-state index is 12.7. The monoisotopic (exact) mass is 515 g/mol. The molecule has 1 heterocycles. The third-order valence-corrected chi connectivity index (χ3v) is 6.00. The highest BCUT2D eigenvalue weighted by molar-refractivity contribution is 5.95. The lowest BCUT2D eigenvalue weighted by molar-refractivity contribution is -0.385. The number of ether oxygens (including phenoxy) is 4. The van der Waals surface area contributed by atoms with Crippen LogP contribution in [0.25, 0.3) is 0 Å². The molecule has 0 bridgehead atoms. The first-order chi connectivity index (χ1) is 18.4. The minimum absolute atomic E-state index is 0.0885. The van der Waals surface area contributed by atoms with Gasteiger partial charge in [-0.05, 0) is 36.2 Å². The Labute approximate surface area is 219 Å². The fraction of sp³-hybridized carbons (Fsp3) is 0.214. The molecule has 1 unspecified atom stereocenters. The first kappa shape index (κ1) is 26.0. The van der Waals surface area contributed by atoms with Crippen molar-refractivity contribution in [1.29, 1.82) is 5.26 Å². The van der Waals surface area contributed by atoms with Gasteiger partial charge in [-0.1, -0.05) is 37.6 Å². The average Bonchev–Trinajstić information content (AvgIpc) is 2.92. The number of benzene rings is 3.